The molecule has 3 aromatic carbocycles. The zero-order chi connectivity index (χ0) is 29.2. The summed E-state index contributed by atoms with van der Waals surface area (Å²) in [6.07, 6.45) is 7.94. The van der Waals surface area contributed by atoms with Gasteiger partial charge in [-0.1, -0.05) is 73.9 Å². The van der Waals surface area contributed by atoms with Crippen LogP contribution in [0, 0.1) is 0 Å². The average molecular weight is 568 g/mol. The Labute approximate surface area is 246 Å². The van der Waals surface area contributed by atoms with Crippen molar-refractivity contribution in [2.24, 2.45) is 0 Å². The first-order valence-corrected chi connectivity index (χ1v) is 17.0. The maximum absolute atomic E-state index is 12.7. The topological polar surface area (TPSA) is 54.4 Å². The molecule has 0 fully saturated rings. The molecule has 41 heavy (non-hydrogen) atoms. The van der Waals surface area contributed by atoms with Crippen molar-refractivity contribution in [2.75, 3.05) is 6.16 Å². The van der Waals surface area contributed by atoms with Gasteiger partial charge in [-0.25, -0.2) is 0 Å². The van der Waals surface area contributed by atoms with Crippen LogP contribution in [-0.4, -0.2) is 28.9 Å². The van der Waals surface area contributed by atoms with Crippen molar-refractivity contribution in [1.82, 2.24) is 0 Å². The molecule has 0 bridgehead atoms. The molecular weight excluding hydrogens is 523 g/mol. The van der Waals surface area contributed by atoms with Crippen molar-refractivity contribution in [3.63, 3.8) is 0 Å². The van der Waals surface area contributed by atoms with Gasteiger partial charge in [0, 0.05) is 22.3 Å². The van der Waals surface area contributed by atoms with Gasteiger partial charge in [-0.05, 0) is 89.3 Å². The van der Waals surface area contributed by atoms with Crippen LogP contribution in [0.4, 0.5) is 0 Å². The molecular formula is C37H44O3P+. The molecule has 214 valence electrons. The maximum atomic E-state index is 12.7. The molecule has 1 atom stereocenters. The first-order valence-electron chi connectivity index (χ1n) is 15.1. The van der Waals surface area contributed by atoms with Gasteiger partial charge in [-0.3, -0.25) is 9.59 Å². The third-order valence-electron chi connectivity index (χ3n) is 8.66. The third-order valence-corrected chi connectivity index (χ3v) is 13.2. The minimum atomic E-state index is -1.77. The Morgan fingerprint density at radius 2 is 1.00 bits per heavy atom. The molecule has 0 aliphatic heterocycles. The van der Waals surface area contributed by atoms with Gasteiger partial charge in [0.2, 0.25) is 0 Å². The fourth-order valence-electron chi connectivity index (χ4n) is 6.05. The van der Waals surface area contributed by atoms with E-state index in [4.69, 9.17) is 0 Å². The van der Waals surface area contributed by atoms with E-state index in [-0.39, 0.29) is 11.6 Å². The summed E-state index contributed by atoms with van der Waals surface area (Å²) in [5, 5.41) is 14.9. The van der Waals surface area contributed by atoms with Crippen LogP contribution in [0.15, 0.2) is 113 Å². The number of ketones is 2. The van der Waals surface area contributed by atoms with Gasteiger partial charge in [0.15, 0.2) is 11.6 Å². The van der Waals surface area contributed by atoms with Crippen molar-refractivity contribution in [3.8, 4) is 0 Å². The highest BCUT2D eigenvalue weighted by Gasteiger charge is 2.44. The van der Waals surface area contributed by atoms with E-state index >= 15 is 0 Å². The second kappa shape index (κ2) is 14.7. The lowest BCUT2D eigenvalue weighted by atomic mass is 9.83. The molecule has 0 aromatic heterocycles. The minimum Gasteiger partial charge on any atom is -0.393 e. The lowest BCUT2D eigenvalue weighted by Crippen LogP contribution is -2.33. The molecule has 0 saturated carbocycles. The van der Waals surface area contributed by atoms with Gasteiger partial charge < -0.3 is 5.11 Å². The van der Waals surface area contributed by atoms with Crippen LogP contribution in [0.25, 0.3) is 0 Å². The van der Waals surface area contributed by atoms with Gasteiger partial charge in [-0.2, -0.15) is 0 Å². The lowest BCUT2D eigenvalue weighted by molar-refractivity contribution is -0.116. The number of Topliss-reactive ketones (excluding diaryl/α,β-unsaturated/α-hetero) is 2. The molecule has 4 heteroatoms. The fourth-order valence-corrected chi connectivity index (χ4v) is 10.5. The Morgan fingerprint density at radius 3 is 1.51 bits per heavy atom. The second-order valence-corrected chi connectivity index (χ2v) is 14.9. The molecule has 4 rings (SSSR count). The molecule has 1 aliphatic carbocycles. The summed E-state index contributed by atoms with van der Waals surface area (Å²) in [4.78, 5) is 25.1. The van der Waals surface area contributed by atoms with Crippen molar-refractivity contribution in [1.29, 1.82) is 0 Å². The van der Waals surface area contributed by atoms with Gasteiger partial charge in [0.1, 0.15) is 23.2 Å². The molecule has 0 radical (unpaired) electrons. The van der Waals surface area contributed by atoms with E-state index in [9.17, 15) is 14.7 Å². The number of aliphatic hydroxyl groups is 1. The first-order chi connectivity index (χ1) is 19.9. The lowest BCUT2D eigenvalue weighted by Gasteiger charge is -2.27. The number of unbranched alkanes of at least 4 members (excludes halogenated alkanes) is 4. The summed E-state index contributed by atoms with van der Waals surface area (Å²) in [6, 6.07) is 33.2. The van der Waals surface area contributed by atoms with Crippen LogP contribution < -0.4 is 15.9 Å². The number of aliphatic hydroxyl groups excluding tert-OH is 1. The van der Waals surface area contributed by atoms with Crippen molar-refractivity contribution in [2.45, 2.75) is 78.2 Å². The van der Waals surface area contributed by atoms with Crippen LogP contribution in [0.1, 0.15) is 72.1 Å². The average Bonchev–Trinajstić information content (AvgIpc) is 3.02. The predicted octanol–water partition coefficient (Wildman–Crippen LogP) is 7.27. The summed E-state index contributed by atoms with van der Waals surface area (Å²) in [5.74, 6) is -0.0722. The Hall–Kier alpha value is -3.13. The van der Waals surface area contributed by atoms with E-state index in [0.717, 1.165) is 44.7 Å². The summed E-state index contributed by atoms with van der Waals surface area (Å²) in [6.45, 7) is 5.18. The molecule has 0 amide bonds. The summed E-state index contributed by atoms with van der Waals surface area (Å²) in [7, 11) is -1.77. The number of allylic oxidation sites excluding steroid dienone is 4. The predicted molar refractivity (Wildman–Crippen MR) is 174 cm³/mol. The van der Waals surface area contributed by atoms with Crippen LogP contribution in [-0.2, 0) is 9.59 Å². The standard InChI is InChI=1S/C37H44O3P/c1-28-29(2)37(40)35(30(3)36(28)39)26-25-31(38)18-10-5-4-6-17-27-41(32-19-11-7-12-20-32,33-21-13-8-14-22-33)34-23-15-9-16-24-34/h7-9,11-16,19-24,31,38H,4-6,10,17-18,25-27H2,1-3H3/q+1. The number of rotatable bonds is 14. The monoisotopic (exact) mass is 567 g/mol. The largest absolute Gasteiger partial charge is 0.393 e. The number of carbonyl (C=O) groups is 2. The highest BCUT2D eigenvalue weighted by Crippen LogP contribution is 2.56. The van der Waals surface area contributed by atoms with Crippen LogP contribution in [0.5, 0.6) is 0 Å². The molecule has 1 aliphatic rings. The Morgan fingerprint density at radius 1 is 0.561 bits per heavy atom. The van der Waals surface area contributed by atoms with Crippen LogP contribution >= 0.6 is 7.26 Å². The number of hydrogen-bond donors (Lipinski definition) is 1. The van der Waals surface area contributed by atoms with E-state index in [1.165, 1.54) is 15.9 Å². The van der Waals surface area contributed by atoms with E-state index in [1.54, 1.807) is 20.8 Å². The molecule has 1 unspecified atom stereocenters. The summed E-state index contributed by atoms with van der Waals surface area (Å²) >= 11 is 0. The van der Waals surface area contributed by atoms with Crippen molar-refractivity contribution in [3.05, 3.63) is 113 Å². The Kier molecular flexibility index (Phi) is 11.0. The van der Waals surface area contributed by atoms with Crippen LogP contribution in [0.3, 0.4) is 0 Å². The SMILES string of the molecule is CC1=C(C)C(=O)C(CCC(O)CCCCCCC[P+](c2ccccc2)(c2ccccc2)c2ccccc2)=C(C)C1=O. The molecule has 1 N–H and O–H groups in total. The molecule has 0 saturated heterocycles. The Balaban J connectivity index is 1.30. The van der Waals surface area contributed by atoms with E-state index in [1.807, 2.05) is 0 Å². The molecule has 3 nitrogen and oxygen atoms in total. The second-order valence-electron chi connectivity index (χ2n) is 11.3. The van der Waals surface area contributed by atoms with Crippen LogP contribution in [0.2, 0.25) is 0 Å². The van der Waals surface area contributed by atoms with E-state index in [2.05, 4.69) is 91.0 Å². The first kappa shape index (κ1) is 30.8. The zero-order valence-electron chi connectivity index (χ0n) is 24.8. The molecule has 0 heterocycles. The quantitative estimate of drug-likeness (QED) is 0.127. The smallest absolute Gasteiger partial charge is 0.185 e. The zero-order valence-corrected chi connectivity index (χ0v) is 25.7. The highest BCUT2D eigenvalue weighted by molar-refractivity contribution is 7.95. The minimum absolute atomic E-state index is 0.0350. The maximum Gasteiger partial charge on any atom is 0.185 e. The summed E-state index contributed by atoms with van der Waals surface area (Å²) < 4.78 is 0. The van der Waals surface area contributed by atoms with Crippen molar-refractivity contribution < 1.29 is 14.7 Å². The molecule has 3 aromatic rings. The third kappa shape index (κ3) is 7.21. The number of hydrogen-bond acceptors (Lipinski definition) is 3. The van der Waals surface area contributed by atoms with E-state index in [0.29, 0.717) is 35.1 Å². The highest BCUT2D eigenvalue weighted by atomic mass is 31.2. The summed E-state index contributed by atoms with van der Waals surface area (Å²) in [5.41, 5.74) is 2.22. The van der Waals surface area contributed by atoms with Gasteiger partial charge in [0.25, 0.3) is 0 Å². The fraction of sp³-hybridized carbons (Fsp3) is 0.351. The van der Waals surface area contributed by atoms with Gasteiger partial charge >= 0.3 is 0 Å². The van der Waals surface area contributed by atoms with Gasteiger partial charge in [-0.15, -0.1) is 0 Å². The van der Waals surface area contributed by atoms with E-state index < -0.39 is 13.4 Å². The van der Waals surface area contributed by atoms with Crippen molar-refractivity contribution >= 4 is 34.7 Å². The van der Waals surface area contributed by atoms with Gasteiger partial charge in [0.05, 0.1) is 12.3 Å². The molecule has 0 spiro atoms. The Bertz CT molecular complexity index is 1280. The number of benzene rings is 3. The normalized spacial score (nSPS) is 15.0. The number of carbonyl (C=O) groups excluding carboxylic acids is 2.